The Hall–Kier alpha value is -0.430. The predicted octanol–water partition coefficient (Wildman–Crippen LogP) is 6.32. The van der Waals surface area contributed by atoms with Crippen LogP contribution in [0.15, 0.2) is 34.6 Å². The SMILES string of the molecule is C=CS/C=C(\C)C(=CCC)C(CC)CCCC. The maximum atomic E-state index is 3.75. The first-order valence-electron chi connectivity index (χ1n) is 6.84. The highest BCUT2D eigenvalue weighted by Gasteiger charge is 2.12. The molecule has 0 aromatic heterocycles. The van der Waals surface area contributed by atoms with E-state index in [9.17, 15) is 0 Å². The second-order valence-corrected chi connectivity index (χ2v) is 5.26. The third-order valence-electron chi connectivity index (χ3n) is 3.06. The van der Waals surface area contributed by atoms with Gasteiger partial charge in [0.25, 0.3) is 0 Å². The molecule has 0 aliphatic rings. The highest BCUT2D eigenvalue weighted by molar-refractivity contribution is 8.04. The first kappa shape index (κ1) is 16.6. The molecule has 0 saturated heterocycles. The monoisotopic (exact) mass is 252 g/mol. The summed E-state index contributed by atoms with van der Waals surface area (Å²) in [5.74, 6) is 0.733. The number of rotatable bonds is 9. The molecular formula is C16H28S. The van der Waals surface area contributed by atoms with E-state index in [1.807, 2.05) is 5.41 Å². The minimum atomic E-state index is 0.733. The summed E-state index contributed by atoms with van der Waals surface area (Å²) in [6, 6.07) is 0. The van der Waals surface area contributed by atoms with E-state index in [1.54, 1.807) is 17.3 Å². The van der Waals surface area contributed by atoms with Crippen molar-refractivity contribution in [2.45, 2.75) is 59.8 Å². The lowest BCUT2D eigenvalue weighted by atomic mass is 9.87. The van der Waals surface area contributed by atoms with Gasteiger partial charge in [0.1, 0.15) is 0 Å². The van der Waals surface area contributed by atoms with Crippen LogP contribution in [-0.4, -0.2) is 0 Å². The quantitative estimate of drug-likeness (QED) is 0.433. The minimum Gasteiger partial charge on any atom is -0.106 e. The fourth-order valence-electron chi connectivity index (χ4n) is 2.12. The van der Waals surface area contributed by atoms with Crippen molar-refractivity contribution in [1.82, 2.24) is 0 Å². The van der Waals surface area contributed by atoms with Gasteiger partial charge in [-0.25, -0.2) is 0 Å². The second-order valence-electron chi connectivity index (χ2n) is 4.42. The molecule has 17 heavy (non-hydrogen) atoms. The van der Waals surface area contributed by atoms with E-state index >= 15 is 0 Å². The lowest BCUT2D eigenvalue weighted by Gasteiger charge is -2.19. The molecule has 0 fully saturated rings. The third kappa shape index (κ3) is 6.78. The molecule has 98 valence electrons. The van der Waals surface area contributed by atoms with Crippen LogP contribution in [-0.2, 0) is 0 Å². The maximum Gasteiger partial charge on any atom is -0.0165 e. The normalized spacial score (nSPS) is 14.8. The van der Waals surface area contributed by atoms with Gasteiger partial charge in [0, 0.05) is 0 Å². The summed E-state index contributed by atoms with van der Waals surface area (Å²) >= 11 is 1.68. The highest BCUT2D eigenvalue weighted by Crippen LogP contribution is 2.29. The number of hydrogen-bond acceptors (Lipinski definition) is 1. The molecule has 0 saturated carbocycles. The van der Waals surface area contributed by atoms with Crippen molar-refractivity contribution in [3.8, 4) is 0 Å². The van der Waals surface area contributed by atoms with Crippen LogP contribution in [0.5, 0.6) is 0 Å². The number of allylic oxidation sites excluding steroid dienone is 3. The zero-order chi connectivity index (χ0) is 13.1. The molecule has 0 rings (SSSR count). The van der Waals surface area contributed by atoms with Gasteiger partial charge in [-0.3, -0.25) is 0 Å². The number of thioether (sulfide) groups is 1. The van der Waals surface area contributed by atoms with E-state index < -0.39 is 0 Å². The molecule has 0 radical (unpaired) electrons. The van der Waals surface area contributed by atoms with Gasteiger partial charge < -0.3 is 0 Å². The van der Waals surface area contributed by atoms with Crippen LogP contribution in [0.2, 0.25) is 0 Å². The summed E-state index contributed by atoms with van der Waals surface area (Å²) in [6.45, 7) is 12.8. The molecule has 0 aromatic carbocycles. The van der Waals surface area contributed by atoms with Gasteiger partial charge >= 0.3 is 0 Å². The fourth-order valence-corrected chi connectivity index (χ4v) is 2.55. The summed E-state index contributed by atoms with van der Waals surface area (Å²) in [6.07, 6.45) is 8.72. The molecule has 0 N–H and O–H groups in total. The summed E-state index contributed by atoms with van der Waals surface area (Å²) in [5.41, 5.74) is 2.97. The smallest absolute Gasteiger partial charge is 0.0165 e. The molecule has 1 atom stereocenters. The topological polar surface area (TPSA) is 0 Å². The Morgan fingerprint density at radius 2 is 2.00 bits per heavy atom. The summed E-state index contributed by atoms with van der Waals surface area (Å²) < 4.78 is 0. The number of hydrogen-bond donors (Lipinski definition) is 0. The van der Waals surface area contributed by atoms with E-state index in [1.165, 1.54) is 31.3 Å². The van der Waals surface area contributed by atoms with Crippen molar-refractivity contribution in [3.63, 3.8) is 0 Å². The van der Waals surface area contributed by atoms with Gasteiger partial charge in [-0.2, -0.15) is 0 Å². The van der Waals surface area contributed by atoms with Crippen LogP contribution in [0.1, 0.15) is 59.8 Å². The Kier molecular flexibility index (Phi) is 10.4. The van der Waals surface area contributed by atoms with Crippen LogP contribution in [0, 0.1) is 5.92 Å². The molecule has 0 heterocycles. The van der Waals surface area contributed by atoms with Gasteiger partial charge in [0.2, 0.25) is 0 Å². The Bertz CT molecular complexity index is 261. The van der Waals surface area contributed by atoms with E-state index in [4.69, 9.17) is 0 Å². The highest BCUT2D eigenvalue weighted by atomic mass is 32.2. The van der Waals surface area contributed by atoms with Crippen molar-refractivity contribution < 1.29 is 0 Å². The molecular weight excluding hydrogens is 224 g/mol. The summed E-state index contributed by atoms with van der Waals surface area (Å²) in [7, 11) is 0. The van der Waals surface area contributed by atoms with Crippen LogP contribution in [0.3, 0.4) is 0 Å². The van der Waals surface area contributed by atoms with Crippen LogP contribution < -0.4 is 0 Å². The lowest BCUT2D eigenvalue weighted by molar-refractivity contribution is 0.518. The molecule has 1 unspecified atom stereocenters. The average Bonchev–Trinajstić information content (AvgIpc) is 2.35. The van der Waals surface area contributed by atoms with Gasteiger partial charge in [-0.1, -0.05) is 46.3 Å². The first-order valence-corrected chi connectivity index (χ1v) is 7.78. The maximum absolute atomic E-state index is 3.75. The average molecular weight is 252 g/mol. The second kappa shape index (κ2) is 10.7. The number of unbranched alkanes of at least 4 members (excludes halogenated alkanes) is 1. The molecule has 0 bridgehead atoms. The molecule has 0 aromatic rings. The standard InChI is InChI=1S/C16H28S/c1-6-10-12-15(8-3)16(11-7-2)14(5)13-17-9-4/h9,11,13,15H,4,6-8,10,12H2,1-3,5H3/b14-13+,16-11?. The van der Waals surface area contributed by atoms with Crippen LogP contribution >= 0.6 is 11.8 Å². The van der Waals surface area contributed by atoms with Gasteiger partial charge in [0.05, 0.1) is 0 Å². The Balaban J connectivity index is 4.79. The lowest BCUT2D eigenvalue weighted by Crippen LogP contribution is -2.04. The molecule has 0 spiro atoms. The third-order valence-corrected chi connectivity index (χ3v) is 3.74. The zero-order valence-corrected chi connectivity index (χ0v) is 12.8. The van der Waals surface area contributed by atoms with Gasteiger partial charge in [-0.05, 0) is 54.1 Å². The van der Waals surface area contributed by atoms with Crippen molar-refractivity contribution in [1.29, 1.82) is 0 Å². The molecule has 1 heteroatoms. The van der Waals surface area contributed by atoms with Crippen LogP contribution in [0.4, 0.5) is 0 Å². The van der Waals surface area contributed by atoms with E-state index in [2.05, 4.69) is 45.8 Å². The molecule has 0 amide bonds. The Morgan fingerprint density at radius 1 is 1.29 bits per heavy atom. The molecule has 0 aliphatic heterocycles. The minimum absolute atomic E-state index is 0.733. The Labute approximate surface area is 112 Å². The van der Waals surface area contributed by atoms with E-state index in [0.29, 0.717) is 0 Å². The fraction of sp³-hybridized carbons (Fsp3) is 0.625. The summed E-state index contributed by atoms with van der Waals surface area (Å²) in [5, 5.41) is 4.11. The molecule has 0 aliphatic carbocycles. The van der Waals surface area contributed by atoms with Crippen molar-refractivity contribution in [2.24, 2.45) is 5.92 Å². The van der Waals surface area contributed by atoms with Crippen molar-refractivity contribution in [2.75, 3.05) is 0 Å². The molecule has 0 nitrogen and oxygen atoms in total. The summed E-state index contributed by atoms with van der Waals surface area (Å²) in [4.78, 5) is 0. The van der Waals surface area contributed by atoms with Crippen LogP contribution in [0.25, 0.3) is 0 Å². The Morgan fingerprint density at radius 3 is 2.47 bits per heavy atom. The largest absolute Gasteiger partial charge is 0.106 e. The van der Waals surface area contributed by atoms with E-state index in [-0.39, 0.29) is 0 Å². The predicted molar refractivity (Wildman–Crippen MR) is 83.2 cm³/mol. The van der Waals surface area contributed by atoms with Gasteiger partial charge in [-0.15, -0.1) is 11.8 Å². The first-order chi connectivity index (χ1) is 8.21. The van der Waals surface area contributed by atoms with E-state index in [0.717, 1.165) is 12.3 Å². The van der Waals surface area contributed by atoms with Crippen molar-refractivity contribution >= 4 is 11.8 Å². The zero-order valence-electron chi connectivity index (χ0n) is 12.0. The van der Waals surface area contributed by atoms with Crippen molar-refractivity contribution in [3.05, 3.63) is 34.6 Å². The van der Waals surface area contributed by atoms with Gasteiger partial charge in [0.15, 0.2) is 0 Å².